The third-order valence-electron chi connectivity index (χ3n) is 4.62. The van der Waals surface area contributed by atoms with E-state index in [1.54, 1.807) is 57.2 Å². The molecule has 0 saturated heterocycles. The zero-order chi connectivity index (χ0) is 23.8. The van der Waals surface area contributed by atoms with Gasteiger partial charge in [0.1, 0.15) is 11.6 Å². The van der Waals surface area contributed by atoms with Crippen molar-refractivity contribution >= 4 is 32.7 Å². The molecule has 0 saturated carbocycles. The van der Waals surface area contributed by atoms with Crippen LogP contribution in [0, 0.1) is 5.82 Å². The Morgan fingerprint density at radius 3 is 2.61 bits per heavy atom. The predicted molar refractivity (Wildman–Crippen MR) is 122 cm³/mol. The molecule has 4 aromatic rings. The molecule has 172 valence electrons. The maximum atomic E-state index is 13.9. The Balaban J connectivity index is 1.49. The number of sulfonamides is 1. The van der Waals surface area contributed by atoms with E-state index in [2.05, 4.69) is 20.0 Å². The quantitative estimate of drug-likeness (QED) is 0.390. The number of fused-ring (bicyclic) bond motifs is 1. The van der Waals surface area contributed by atoms with Crippen molar-refractivity contribution in [1.29, 1.82) is 0 Å². The van der Waals surface area contributed by atoms with Gasteiger partial charge in [0.05, 0.1) is 11.0 Å². The van der Waals surface area contributed by atoms with Crippen LogP contribution in [0.1, 0.15) is 42.7 Å². The van der Waals surface area contributed by atoms with Crippen LogP contribution in [0.15, 0.2) is 64.1 Å². The Kier molecular flexibility index (Phi) is 5.81. The fraction of sp³-hybridized carbons (Fsp3) is 0.217. The number of carbonyl (C=O) groups excluding carboxylic acids is 1. The van der Waals surface area contributed by atoms with Crippen LogP contribution in [0.5, 0.6) is 0 Å². The monoisotopic (exact) mass is 470 g/mol. The lowest BCUT2D eigenvalue weighted by Gasteiger charge is -2.18. The highest BCUT2D eigenvalue weighted by molar-refractivity contribution is 7.89. The second-order valence-electron chi connectivity index (χ2n) is 8.61. The fourth-order valence-electron chi connectivity index (χ4n) is 3.28. The molecule has 0 unspecified atom stereocenters. The van der Waals surface area contributed by atoms with Gasteiger partial charge >= 0.3 is 0 Å². The van der Waals surface area contributed by atoms with E-state index in [9.17, 15) is 17.6 Å². The van der Waals surface area contributed by atoms with Crippen LogP contribution in [-0.2, 0) is 16.4 Å². The van der Waals surface area contributed by atoms with Gasteiger partial charge in [0.25, 0.3) is 15.9 Å². The van der Waals surface area contributed by atoms with Crippen molar-refractivity contribution < 1.29 is 22.0 Å². The number of hydrogen-bond acceptors (Lipinski definition) is 5. The highest BCUT2D eigenvalue weighted by atomic mass is 32.2. The molecule has 33 heavy (non-hydrogen) atoms. The molecule has 0 radical (unpaired) electrons. The Hall–Kier alpha value is -3.50. The fourth-order valence-corrected chi connectivity index (χ4v) is 4.63. The number of hydrogen-bond donors (Lipinski definition) is 3. The zero-order valence-electron chi connectivity index (χ0n) is 18.3. The van der Waals surface area contributed by atoms with E-state index in [-0.39, 0.29) is 16.7 Å². The SMILES string of the molecule is CC(C)(C)NS(=O)(=O)c1ccc(C(=O)Nc2ccc3nc(Cc4ccccc4F)[nH]c3c2)o1. The summed E-state index contributed by atoms with van der Waals surface area (Å²) >= 11 is 0. The topological polar surface area (TPSA) is 117 Å². The Labute approximate surface area is 190 Å². The number of rotatable bonds is 6. The molecule has 0 spiro atoms. The minimum atomic E-state index is -3.90. The lowest BCUT2D eigenvalue weighted by Crippen LogP contribution is -2.40. The molecule has 0 bridgehead atoms. The van der Waals surface area contributed by atoms with Gasteiger partial charge in [0, 0.05) is 17.6 Å². The maximum Gasteiger partial charge on any atom is 0.291 e. The highest BCUT2D eigenvalue weighted by Gasteiger charge is 2.26. The van der Waals surface area contributed by atoms with Gasteiger partial charge < -0.3 is 14.7 Å². The molecule has 1 amide bonds. The van der Waals surface area contributed by atoms with Crippen LogP contribution in [0.25, 0.3) is 11.0 Å². The summed E-state index contributed by atoms with van der Waals surface area (Å²) in [4.78, 5) is 20.2. The molecule has 8 nitrogen and oxygen atoms in total. The summed E-state index contributed by atoms with van der Waals surface area (Å²) in [6.07, 6.45) is 0.301. The first-order valence-electron chi connectivity index (χ1n) is 10.2. The van der Waals surface area contributed by atoms with Crippen molar-refractivity contribution in [2.24, 2.45) is 0 Å². The summed E-state index contributed by atoms with van der Waals surface area (Å²) in [5, 5.41) is 2.33. The molecule has 0 aliphatic heterocycles. The van der Waals surface area contributed by atoms with Crippen LogP contribution in [0.4, 0.5) is 10.1 Å². The molecule has 10 heteroatoms. The van der Waals surface area contributed by atoms with Crippen molar-refractivity contribution in [3.05, 3.63) is 77.6 Å². The molecule has 2 aromatic heterocycles. The molecule has 0 aliphatic carbocycles. The second kappa shape index (κ2) is 8.45. The van der Waals surface area contributed by atoms with Gasteiger partial charge in [-0.25, -0.2) is 22.5 Å². The largest absolute Gasteiger partial charge is 0.438 e. The van der Waals surface area contributed by atoms with Crippen LogP contribution >= 0.6 is 0 Å². The first-order chi connectivity index (χ1) is 15.5. The van der Waals surface area contributed by atoms with Gasteiger partial charge in [-0.3, -0.25) is 4.79 Å². The minimum Gasteiger partial charge on any atom is -0.438 e. The number of furan rings is 1. The summed E-state index contributed by atoms with van der Waals surface area (Å²) in [5.74, 6) is -0.457. The first-order valence-corrected chi connectivity index (χ1v) is 11.7. The molecule has 0 aliphatic rings. The lowest BCUT2D eigenvalue weighted by atomic mass is 10.1. The normalized spacial score (nSPS) is 12.2. The number of benzene rings is 2. The number of anilines is 1. The van der Waals surface area contributed by atoms with Crippen LogP contribution in [-0.4, -0.2) is 29.8 Å². The third kappa shape index (κ3) is 5.29. The van der Waals surface area contributed by atoms with Crippen molar-refractivity contribution in [2.45, 2.75) is 37.8 Å². The van der Waals surface area contributed by atoms with E-state index in [4.69, 9.17) is 4.42 Å². The van der Waals surface area contributed by atoms with Gasteiger partial charge in [0.2, 0.25) is 5.09 Å². The van der Waals surface area contributed by atoms with E-state index < -0.39 is 21.5 Å². The first kappa shape index (κ1) is 22.7. The molecule has 2 heterocycles. The van der Waals surface area contributed by atoms with E-state index in [1.165, 1.54) is 18.2 Å². The van der Waals surface area contributed by atoms with Gasteiger partial charge in [-0.2, -0.15) is 0 Å². The Morgan fingerprint density at radius 1 is 1.12 bits per heavy atom. The lowest BCUT2D eigenvalue weighted by molar-refractivity contribution is 0.0991. The molecular weight excluding hydrogens is 447 g/mol. The summed E-state index contributed by atoms with van der Waals surface area (Å²) in [5.41, 5.74) is 1.62. The average Bonchev–Trinajstić information content (AvgIpc) is 3.35. The predicted octanol–water partition coefficient (Wildman–Crippen LogP) is 4.21. The minimum absolute atomic E-state index is 0.144. The standard InChI is InChI=1S/C23H23FN4O4S/c1-23(2,3)28-33(30,31)21-11-10-19(32-21)22(29)25-15-8-9-17-18(13-15)27-20(26-17)12-14-6-4-5-7-16(14)24/h4-11,13,28H,12H2,1-3H3,(H,25,29)(H,26,27). The second-order valence-corrected chi connectivity index (χ2v) is 10.2. The van der Waals surface area contributed by atoms with Crippen LogP contribution in [0.2, 0.25) is 0 Å². The Bertz CT molecular complexity index is 1430. The van der Waals surface area contributed by atoms with Gasteiger partial charge in [0.15, 0.2) is 5.76 Å². The molecule has 0 atom stereocenters. The van der Waals surface area contributed by atoms with Crippen molar-refractivity contribution in [2.75, 3.05) is 5.32 Å². The number of aromatic nitrogens is 2. The van der Waals surface area contributed by atoms with E-state index in [0.717, 1.165) is 0 Å². The molecule has 2 aromatic carbocycles. The number of imidazole rings is 1. The van der Waals surface area contributed by atoms with Crippen molar-refractivity contribution in [1.82, 2.24) is 14.7 Å². The summed E-state index contributed by atoms with van der Waals surface area (Å²) in [6.45, 7) is 5.11. The van der Waals surface area contributed by atoms with Crippen molar-refractivity contribution in [3.63, 3.8) is 0 Å². The number of nitrogens with one attached hydrogen (secondary N) is 3. The van der Waals surface area contributed by atoms with Gasteiger partial charge in [-0.1, -0.05) is 18.2 Å². The number of nitrogens with zero attached hydrogens (tertiary/aromatic N) is 1. The Morgan fingerprint density at radius 2 is 1.88 bits per heavy atom. The van der Waals surface area contributed by atoms with E-state index in [0.29, 0.717) is 34.5 Å². The molecule has 4 rings (SSSR count). The average molecular weight is 471 g/mol. The molecule has 0 fully saturated rings. The summed E-state index contributed by atoms with van der Waals surface area (Å²) in [6, 6.07) is 14.1. The van der Waals surface area contributed by atoms with Gasteiger partial charge in [-0.15, -0.1) is 0 Å². The third-order valence-corrected chi connectivity index (χ3v) is 6.25. The molecule has 3 N–H and O–H groups in total. The van der Waals surface area contributed by atoms with Crippen LogP contribution in [0.3, 0.4) is 0 Å². The summed E-state index contributed by atoms with van der Waals surface area (Å²) < 4.78 is 46.4. The maximum absolute atomic E-state index is 13.9. The van der Waals surface area contributed by atoms with Crippen LogP contribution < -0.4 is 10.0 Å². The smallest absolute Gasteiger partial charge is 0.291 e. The summed E-state index contributed by atoms with van der Waals surface area (Å²) in [7, 11) is -3.90. The van der Waals surface area contributed by atoms with Gasteiger partial charge in [-0.05, 0) is 62.7 Å². The number of carbonyl (C=O) groups is 1. The number of amides is 1. The molecular formula is C23H23FN4O4S. The number of halogens is 1. The van der Waals surface area contributed by atoms with E-state index in [1.807, 2.05) is 0 Å². The van der Waals surface area contributed by atoms with E-state index >= 15 is 0 Å². The van der Waals surface area contributed by atoms with Crippen molar-refractivity contribution in [3.8, 4) is 0 Å². The number of aromatic amines is 1. The zero-order valence-corrected chi connectivity index (χ0v) is 19.1. The number of H-pyrrole nitrogens is 1. The highest BCUT2D eigenvalue weighted by Crippen LogP contribution is 2.21.